The van der Waals surface area contributed by atoms with Gasteiger partial charge in [0.25, 0.3) is 0 Å². The molecule has 0 bridgehead atoms. The van der Waals surface area contributed by atoms with E-state index in [1.165, 1.54) is 13.0 Å². The van der Waals surface area contributed by atoms with Crippen molar-refractivity contribution in [1.82, 2.24) is 4.72 Å². The van der Waals surface area contributed by atoms with E-state index >= 15 is 0 Å². The Kier molecular flexibility index (Phi) is 4.31. The van der Waals surface area contributed by atoms with Gasteiger partial charge < -0.3 is 11.1 Å². The maximum atomic E-state index is 13.9. The molecule has 0 atom stereocenters. The molecule has 1 aliphatic carbocycles. The van der Waals surface area contributed by atoms with E-state index < -0.39 is 26.3 Å². The molecule has 8 heteroatoms. The Hall–Kier alpha value is -1.51. The second-order valence-corrected chi connectivity index (χ2v) is 7.10. The zero-order valence-electron chi connectivity index (χ0n) is 11.6. The minimum atomic E-state index is -3.96. The van der Waals surface area contributed by atoms with E-state index in [1.54, 1.807) is 0 Å². The number of hydrogen-bond acceptors (Lipinski definition) is 4. The summed E-state index contributed by atoms with van der Waals surface area (Å²) in [6.07, 6.45) is 2.47. The Bertz CT molecular complexity index is 657. The first-order valence-corrected chi connectivity index (χ1v) is 8.06. The summed E-state index contributed by atoms with van der Waals surface area (Å²) in [4.78, 5) is 10.4. The molecule has 0 saturated heterocycles. The zero-order valence-corrected chi connectivity index (χ0v) is 12.5. The Labute approximate surface area is 123 Å². The number of hydrogen-bond donors (Lipinski definition) is 3. The van der Waals surface area contributed by atoms with Crippen molar-refractivity contribution in [2.45, 2.75) is 36.6 Å². The van der Waals surface area contributed by atoms with E-state index in [1.807, 2.05) is 0 Å². The van der Waals surface area contributed by atoms with Crippen LogP contribution in [0.2, 0.25) is 0 Å². The van der Waals surface area contributed by atoms with E-state index in [2.05, 4.69) is 10.0 Å². The maximum absolute atomic E-state index is 13.9. The van der Waals surface area contributed by atoms with Crippen LogP contribution >= 0.6 is 0 Å². The van der Waals surface area contributed by atoms with Gasteiger partial charge >= 0.3 is 0 Å². The summed E-state index contributed by atoms with van der Waals surface area (Å²) in [6.45, 7) is 1.37. The molecule has 4 N–H and O–H groups in total. The quantitative estimate of drug-likeness (QED) is 0.752. The van der Waals surface area contributed by atoms with Crippen LogP contribution in [0.3, 0.4) is 0 Å². The highest BCUT2D eigenvalue weighted by atomic mass is 32.2. The fourth-order valence-electron chi connectivity index (χ4n) is 2.12. The molecule has 1 aliphatic rings. The number of carbonyl (C=O) groups excluding carboxylic acids is 1. The SMILES string of the molecule is CC(=O)Nc1ccc(S(=O)(=O)NCC2(N)CCC2)c(F)c1. The Balaban J connectivity index is 2.14. The van der Waals surface area contributed by atoms with Crippen molar-refractivity contribution in [2.24, 2.45) is 5.73 Å². The van der Waals surface area contributed by atoms with Gasteiger partial charge in [0.05, 0.1) is 0 Å². The number of anilines is 1. The van der Waals surface area contributed by atoms with Crippen molar-refractivity contribution in [3.05, 3.63) is 24.0 Å². The molecule has 0 unspecified atom stereocenters. The standard InChI is InChI=1S/C13H18FN3O3S/c1-9(18)17-10-3-4-12(11(14)7-10)21(19,20)16-8-13(15)5-2-6-13/h3-4,7,16H,2,5-6,8,15H2,1H3,(H,17,18). The predicted octanol–water partition coefficient (Wildman–Crippen LogP) is 0.944. The lowest BCUT2D eigenvalue weighted by molar-refractivity contribution is -0.114. The van der Waals surface area contributed by atoms with Crippen LogP contribution in [0.4, 0.5) is 10.1 Å². The smallest absolute Gasteiger partial charge is 0.243 e. The normalized spacial score (nSPS) is 17.1. The van der Waals surface area contributed by atoms with Gasteiger partial charge in [0.1, 0.15) is 10.7 Å². The summed E-state index contributed by atoms with van der Waals surface area (Å²) in [7, 11) is -3.96. The van der Waals surface area contributed by atoms with Crippen LogP contribution in [0, 0.1) is 5.82 Å². The summed E-state index contributed by atoms with van der Waals surface area (Å²) in [5, 5.41) is 2.38. The molecule has 116 valence electrons. The fraction of sp³-hybridized carbons (Fsp3) is 0.462. The van der Waals surface area contributed by atoms with Crippen molar-refractivity contribution < 1.29 is 17.6 Å². The molecule has 1 fully saturated rings. The minimum Gasteiger partial charge on any atom is -0.326 e. The summed E-state index contributed by atoms with van der Waals surface area (Å²) in [6, 6.07) is 3.42. The summed E-state index contributed by atoms with van der Waals surface area (Å²) < 4.78 is 40.4. The molecule has 0 radical (unpaired) electrons. The van der Waals surface area contributed by atoms with Gasteiger partial charge in [-0.1, -0.05) is 0 Å². The van der Waals surface area contributed by atoms with Gasteiger partial charge in [0, 0.05) is 24.7 Å². The molecule has 0 aliphatic heterocycles. The number of nitrogens with two attached hydrogens (primary N) is 1. The van der Waals surface area contributed by atoms with E-state index in [-0.39, 0.29) is 18.1 Å². The monoisotopic (exact) mass is 315 g/mol. The molecule has 0 aromatic heterocycles. The molecule has 0 spiro atoms. The third-order valence-electron chi connectivity index (χ3n) is 3.51. The Morgan fingerprint density at radius 3 is 2.57 bits per heavy atom. The summed E-state index contributed by atoms with van der Waals surface area (Å²) in [5.74, 6) is -1.29. The van der Waals surface area contributed by atoms with E-state index in [4.69, 9.17) is 5.73 Å². The molecule has 21 heavy (non-hydrogen) atoms. The number of rotatable bonds is 5. The van der Waals surface area contributed by atoms with Gasteiger partial charge in [-0.15, -0.1) is 0 Å². The number of sulfonamides is 1. The van der Waals surface area contributed by atoms with Crippen molar-refractivity contribution >= 4 is 21.6 Å². The van der Waals surface area contributed by atoms with Crippen molar-refractivity contribution in [2.75, 3.05) is 11.9 Å². The van der Waals surface area contributed by atoms with Gasteiger partial charge in [-0.2, -0.15) is 0 Å². The Morgan fingerprint density at radius 2 is 2.10 bits per heavy atom. The van der Waals surface area contributed by atoms with Crippen LogP contribution in [0.1, 0.15) is 26.2 Å². The minimum absolute atomic E-state index is 0.0855. The molecule has 1 saturated carbocycles. The number of halogens is 1. The number of benzene rings is 1. The topological polar surface area (TPSA) is 101 Å². The largest absolute Gasteiger partial charge is 0.326 e. The lowest BCUT2D eigenvalue weighted by atomic mass is 9.78. The number of nitrogens with one attached hydrogen (secondary N) is 2. The molecule has 6 nitrogen and oxygen atoms in total. The number of carbonyl (C=O) groups is 1. The van der Waals surface area contributed by atoms with Crippen LogP contribution in [0.5, 0.6) is 0 Å². The van der Waals surface area contributed by atoms with Crippen molar-refractivity contribution in [3.8, 4) is 0 Å². The summed E-state index contributed by atoms with van der Waals surface area (Å²) in [5.41, 5.74) is 5.61. The fourth-order valence-corrected chi connectivity index (χ4v) is 3.32. The maximum Gasteiger partial charge on any atom is 0.243 e. The van der Waals surface area contributed by atoms with Crippen LogP contribution in [-0.4, -0.2) is 26.4 Å². The number of amides is 1. The van der Waals surface area contributed by atoms with E-state index in [0.717, 1.165) is 31.4 Å². The zero-order chi connectivity index (χ0) is 15.7. The first kappa shape index (κ1) is 15.9. The molecule has 2 rings (SSSR count). The van der Waals surface area contributed by atoms with E-state index in [0.29, 0.717) is 0 Å². The third kappa shape index (κ3) is 3.78. The Morgan fingerprint density at radius 1 is 1.43 bits per heavy atom. The van der Waals surface area contributed by atoms with Gasteiger partial charge in [-0.05, 0) is 37.5 Å². The highest BCUT2D eigenvalue weighted by Gasteiger charge is 2.34. The lowest BCUT2D eigenvalue weighted by Crippen LogP contribution is -2.54. The van der Waals surface area contributed by atoms with Crippen LogP contribution < -0.4 is 15.8 Å². The van der Waals surface area contributed by atoms with Crippen LogP contribution in [-0.2, 0) is 14.8 Å². The van der Waals surface area contributed by atoms with Gasteiger partial charge in [0.15, 0.2) is 0 Å². The first-order chi connectivity index (χ1) is 9.72. The summed E-state index contributed by atoms with van der Waals surface area (Å²) >= 11 is 0. The molecule has 1 aromatic rings. The molecule has 0 heterocycles. The third-order valence-corrected chi connectivity index (χ3v) is 4.94. The van der Waals surface area contributed by atoms with Crippen molar-refractivity contribution in [1.29, 1.82) is 0 Å². The molecular weight excluding hydrogens is 297 g/mol. The second kappa shape index (κ2) is 5.70. The van der Waals surface area contributed by atoms with E-state index in [9.17, 15) is 17.6 Å². The van der Waals surface area contributed by atoms with Gasteiger partial charge in [0.2, 0.25) is 15.9 Å². The van der Waals surface area contributed by atoms with Gasteiger partial charge in [-0.3, -0.25) is 4.79 Å². The average Bonchev–Trinajstić information content (AvgIpc) is 2.33. The second-order valence-electron chi connectivity index (χ2n) is 5.37. The molecule has 1 aromatic carbocycles. The van der Waals surface area contributed by atoms with Crippen LogP contribution in [0.25, 0.3) is 0 Å². The molecule has 1 amide bonds. The lowest BCUT2D eigenvalue weighted by Gasteiger charge is -2.38. The highest BCUT2D eigenvalue weighted by molar-refractivity contribution is 7.89. The van der Waals surface area contributed by atoms with Crippen molar-refractivity contribution in [3.63, 3.8) is 0 Å². The first-order valence-electron chi connectivity index (χ1n) is 6.58. The average molecular weight is 315 g/mol. The van der Waals surface area contributed by atoms with Gasteiger partial charge in [-0.25, -0.2) is 17.5 Å². The predicted molar refractivity (Wildman–Crippen MR) is 76.7 cm³/mol. The van der Waals surface area contributed by atoms with Crippen LogP contribution in [0.15, 0.2) is 23.1 Å². The molecular formula is C13H18FN3O3S. The highest BCUT2D eigenvalue weighted by Crippen LogP contribution is 2.28.